The van der Waals surface area contributed by atoms with Crippen LogP contribution in [0.4, 0.5) is 30.7 Å². The van der Waals surface area contributed by atoms with E-state index in [1.165, 1.54) is 0 Å². The van der Waals surface area contributed by atoms with E-state index < -0.39 is 35.0 Å². The van der Waals surface area contributed by atoms with E-state index >= 15 is 0 Å². The van der Waals surface area contributed by atoms with Crippen molar-refractivity contribution in [2.24, 2.45) is 5.92 Å². The van der Waals surface area contributed by atoms with Gasteiger partial charge >= 0.3 is 12.4 Å². The van der Waals surface area contributed by atoms with E-state index in [9.17, 15) is 30.7 Å². The highest BCUT2D eigenvalue weighted by Gasteiger charge is 2.33. The van der Waals surface area contributed by atoms with Crippen molar-refractivity contribution in [2.75, 3.05) is 31.9 Å². The third-order valence-corrected chi connectivity index (χ3v) is 7.47. The highest BCUT2D eigenvalue weighted by atomic mass is 32.2. The third kappa shape index (κ3) is 8.86. The van der Waals surface area contributed by atoms with Crippen LogP contribution in [0.5, 0.6) is 0 Å². The van der Waals surface area contributed by atoms with Crippen molar-refractivity contribution in [1.82, 2.24) is 14.9 Å². The lowest BCUT2D eigenvalue weighted by Crippen LogP contribution is -2.49. The van der Waals surface area contributed by atoms with E-state index in [1.54, 1.807) is 0 Å². The van der Waals surface area contributed by atoms with Gasteiger partial charge in [-0.15, -0.1) is 0 Å². The molecule has 0 unspecified atom stereocenters. The first-order valence-electron chi connectivity index (χ1n) is 11.7. The Labute approximate surface area is 206 Å². The number of hydrogen-bond acceptors (Lipinski definition) is 4. The number of benzene rings is 1. The van der Waals surface area contributed by atoms with Crippen molar-refractivity contribution >= 4 is 17.6 Å². The van der Waals surface area contributed by atoms with Gasteiger partial charge in [-0.25, -0.2) is 4.39 Å². The first-order chi connectivity index (χ1) is 16.2. The molecule has 2 N–H and O–H groups in total. The first kappa shape index (κ1) is 28.1. The number of rotatable bonds is 9. The van der Waals surface area contributed by atoms with Crippen molar-refractivity contribution in [3.05, 3.63) is 40.7 Å². The normalized spacial score (nSPS) is 18.5. The number of piperidine rings is 1. The Morgan fingerprint density at radius 1 is 1.03 bits per heavy atom. The van der Waals surface area contributed by atoms with Crippen LogP contribution in [0.1, 0.15) is 57.1 Å². The van der Waals surface area contributed by atoms with Gasteiger partial charge in [0.25, 0.3) is 0 Å². The summed E-state index contributed by atoms with van der Waals surface area (Å²) >= 11 is 0.665. The molecule has 1 heterocycles. The lowest BCUT2D eigenvalue weighted by Gasteiger charge is -2.38. The minimum absolute atomic E-state index is 0.230. The predicted octanol–water partition coefficient (Wildman–Crippen LogP) is 6.62. The zero-order chi connectivity index (χ0) is 25.9. The van der Waals surface area contributed by atoms with Gasteiger partial charge in [-0.3, -0.25) is 4.72 Å². The number of nitrogens with zero attached hydrogens (tertiary/aromatic N) is 1. The van der Waals surface area contributed by atoms with Crippen LogP contribution in [-0.2, 0) is 6.18 Å². The second-order valence-corrected chi connectivity index (χ2v) is 10.8. The van der Waals surface area contributed by atoms with Gasteiger partial charge in [0, 0.05) is 29.9 Å². The highest BCUT2D eigenvalue weighted by molar-refractivity contribution is 7.97. The molecule has 35 heavy (non-hydrogen) atoms. The molecule has 1 aliphatic carbocycles. The predicted molar refractivity (Wildman–Crippen MR) is 125 cm³/mol. The molecule has 2 fully saturated rings. The van der Waals surface area contributed by atoms with Gasteiger partial charge in [0.1, 0.15) is 11.6 Å². The van der Waals surface area contributed by atoms with Crippen LogP contribution in [0.25, 0.3) is 5.70 Å². The number of nitrogens with one attached hydrogen (secondary N) is 2. The van der Waals surface area contributed by atoms with E-state index in [-0.39, 0.29) is 5.56 Å². The summed E-state index contributed by atoms with van der Waals surface area (Å²) < 4.78 is 93.7. The second-order valence-electron chi connectivity index (χ2n) is 10.0. The fourth-order valence-electron chi connectivity index (χ4n) is 4.43. The average molecular weight is 528 g/mol. The Morgan fingerprint density at radius 2 is 1.69 bits per heavy atom. The highest BCUT2D eigenvalue weighted by Crippen LogP contribution is 2.36. The molecule has 1 aromatic carbocycles. The summed E-state index contributed by atoms with van der Waals surface area (Å²) in [6, 6.07) is 2.67. The molecule has 1 aliphatic heterocycles. The largest absolute Gasteiger partial charge is 0.416 e. The van der Waals surface area contributed by atoms with Gasteiger partial charge in [0.2, 0.25) is 0 Å². The molecule has 1 aromatic rings. The van der Waals surface area contributed by atoms with Crippen molar-refractivity contribution in [3.63, 3.8) is 0 Å². The van der Waals surface area contributed by atoms with E-state index in [0.717, 1.165) is 62.9 Å². The van der Waals surface area contributed by atoms with Crippen LogP contribution in [-0.4, -0.2) is 48.5 Å². The molecule has 0 radical (unpaired) electrons. The monoisotopic (exact) mass is 527 g/mol. The number of allylic oxidation sites excluding steroid dienone is 1. The van der Waals surface area contributed by atoms with Crippen molar-refractivity contribution in [1.29, 1.82) is 0 Å². The maximum Gasteiger partial charge on any atom is 0.416 e. The molecule has 0 atom stereocenters. The SMILES string of the molecule is CC(C)(CN1CCC(CNC(=C2CCC2)c2cc(F)cc(C(F)(F)F)c2)CC1)NSCC(F)(F)F. The van der Waals surface area contributed by atoms with Crippen LogP contribution >= 0.6 is 11.9 Å². The van der Waals surface area contributed by atoms with Crippen LogP contribution < -0.4 is 10.0 Å². The van der Waals surface area contributed by atoms with Gasteiger partial charge in [-0.1, -0.05) is 11.9 Å². The molecule has 3 rings (SSSR count). The van der Waals surface area contributed by atoms with Crippen molar-refractivity contribution < 1.29 is 30.7 Å². The number of halogens is 7. The molecular weight excluding hydrogens is 495 g/mol. The third-order valence-electron chi connectivity index (χ3n) is 6.30. The fourth-order valence-corrected chi connectivity index (χ4v) is 5.12. The Kier molecular flexibility index (Phi) is 9.07. The van der Waals surface area contributed by atoms with Gasteiger partial charge in [-0.05, 0) is 88.7 Å². The number of alkyl halides is 6. The molecule has 2 aliphatic rings. The smallest absolute Gasteiger partial charge is 0.384 e. The molecule has 0 spiro atoms. The molecule has 1 saturated carbocycles. The topological polar surface area (TPSA) is 27.3 Å². The molecular formula is C24H32F7N3S. The molecule has 0 bridgehead atoms. The molecule has 3 nitrogen and oxygen atoms in total. The second kappa shape index (κ2) is 11.3. The van der Waals surface area contributed by atoms with Gasteiger partial charge in [0.15, 0.2) is 0 Å². The summed E-state index contributed by atoms with van der Waals surface area (Å²) in [6.07, 6.45) is -4.58. The summed E-state index contributed by atoms with van der Waals surface area (Å²) in [4.78, 5) is 2.21. The van der Waals surface area contributed by atoms with Gasteiger partial charge in [-0.2, -0.15) is 26.3 Å². The van der Waals surface area contributed by atoms with Gasteiger partial charge in [0.05, 0.1) is 5.56 Å². The number of hydrogen-bond donors (Lipinski definition) is 2. The summed E-state index contributed by atoms with van der Waals surface area (Å²) in [6.45, 7) is 6.49. The zero-order valence-corrected chi connectivity index (χ0v) is 20.7. The average Bonchev–Trinajstić information content (AvgIpc) is 2.68. The minimum Gasteiger partial charge on any atom is -0.384 e. The summed E-state index contributed by atoms with van der Waals surface area (Å²) in [7, 11) is 0. The van der Waals surface area contributed by atoms with E-state index in [1.807, 2.05) is 13.8 Å². The van der Waals surface area contributed by atoms with E-state index in [0.29, 0.717) is 42.7 Å². The molecule has 0 amide bonds. The lowest BCUT2D eigenvalue weighted by molar-refractivity contribution is -0.137. The quantitative estimate of drug-likeness (QED) is 0.279. The Bertz CT molecular complexity index is 882. The fraction of sp³-hybridized carbons (Fsp3) is 0.667. The number of likely N-dealkylation sites (tertiary alicyclic amines) is 1. The maximum atomic E-state index is 14.0. The Hall–Kier alpha value is -1.46. The zero-order valence-electron chi connectivity index (χ0n) is 19.9. The summed E-state index contributed by atoms with van der Waals surface area (Å²) in [5.41, 5.74) is 0.371. The van der Waals surface area contributed by atoms with Crippen molar-refractivity contribution in [3.8, 4) is 0 Å². The molecule has 11 heteroatoms. The van der Waals surface area contributed by atoms with Crippen molar-refractivity contribution in [2.45, 2.75) is 63.8 Å². The minimum atomic E-state index is -4.62. The van der Waals surface area contributed by atoms with Crippen LogP contribution in [0.15, 0.2) is 23.8 Å². The van der Waals surface area contributed by atoms with Crippen LogP contribution in [0, 0.1) is 11.7 Å². The molecule has 1 saturated heterocycles. The van der Waals surface area contributed by atoms with Gasteiger partial charge < -0.3 is 10.2 Å². The Morgan fingerprint density at radius 3 is 2.23 bits per heavy atom. The molecule has 198 valence electrons. The first-order valence-corrected chi connectivity index (χ1v) is 12.7. The van der Waals surface area contributed by atoms with Crippen LogP contribution in [0.3, 0.4) is 0 Å². The van der Waals surface area contributed by atoms with E-state index in [4.69, 9.17) is 0 Å². The van der Waals surface area contributed by atoms with E-state index in [2.05, 4.69) is 14.9 Å². The lowest BCUT2D eigenvalue weighted by atomic mass is 9.87. The summed E-state index contributed by atoms with van der Waals surface area (Å²) in [5.74, 6) is -1.56. The summed E-state index contributed by atoms with van der Waals surface area (Å²) in [5, 5.41) is 3.32. The standard InChI is InChI=1S/C24H32F7N3S/c1-22(2,33-35-15-23(26,27)28)14-34-8-6-16(7-9-34)13-32-21(17-4-3-5-17)18-10-19(24(29,30)31)12-20(25)11-18/h10-12,16,32-33H,3-9,13-15H2,1-2H3. The maximum absolute atomic E-state index is 14.0. The van der Waals surface area contributed by atoms with Crippen LogP contribution in [0.2, 0.25) is 0 Å². The molecule has 0 aromatic heterocycles. The Balaban J connectivity index is 1.53.